The molecule has 0 bridgehead atoms. The first-order chi connectivity index (χ1) is 20.2. The number of carbonyl (C=O) groups excluding carboxylic acids is 3. The predicted octanol–water partition coefficient (Wildman–Crippen LogP) is 0.487. The number of ether oxygens (including phenoxy) is 4. The van der Waals surface area contributed by atoms with Crippen LogP contribution in [0.15, 0.2) is 12.4 Å². The maximum Gasteiger partial charge on any atom is 0.222 e. The largest absolute Gasteiger partial charge is 0.379 e. The van der Waals surface area contributed by atoms with Crippen LogP contribution in [0.4, 0.5) is 0 Å². The van der Waals surface area contributed by atoms with E-state index in [4.69, 9.17) is 18.9 Å². The molecule has 42 heavy (non-hydrogen) atoms. The van der Waals surface area contributed by atoms with Crippen LogP contribution in [0.2, 0.25) is 0 Å². The van der Waals surface area contributed by atoms with E-state index in [0.717, 1.165) is 11.4 Å². The molecule has 0 aromatic carbocycles. The average Bonchev–Trinajstić information content (AvgIpc) is 3.57. The van der Waals surface area contributed by atoms with Crippen molar-refractivity contribution in [1.82, 2.24) is 40.6 Å². The number of ketones is 1. The van der Waals surface area contributed by atoms with Gasteiger partial charge >= 0.3 is 0 Å². The normalized spacial score (nSPS) is 12.0. The number of aromatic nitrogens is 6. The van der Waals surface area contributed by atoms with E-state index >= 15 is 0 Å². The summed E-state index contributed by atoms with van der Waals surface area (Å²) in [7, 11) is 3.58. The van der Waals surface area contributed by atoms with Crippen LogP contribution < -0.4 is 10.6 Å². The number of hydrogen-bond acceptors (Lipinski definition) is 11. The van der Waals surface area contributed by atoms with Gasteiger partial charge in [0.05, 0.1) is 71.3 Å². The Labute approximate surface area is 247 Å². The van der Waals surface area contributed by atoms with Crippen molar-refractivity contribution in [2.45, 2.75) is 65.2 Å². The van der Waals surface area contributed by atoms with Crippen molar-refractivity contribution in [3.63, 3.8) is 0 Å². The highest BCUT2D eigenvalue weighted by atomic mass is 16.5. The van der Waals surface area contributed by atoms with Crippen molar-refractivity contribution in [2.24, 2.45) is 20.0 Å². The van der Waals surface area contributed by atoms with Crippen molar-refractivity contribution in [1.29, 1.82) is 0 Å². The smallest absolute Gasteiger partial charge is 0.222 e. The van der Waals surface area contributed by atoms with Crippen molar-refractivity contribution in [2.75, 3.05) is 46.2 Å². The van der Waals surface area contributed by atoms with Gasteiger partial charge in [-0.05, 0) is 19.3 Å². The van der Waals surface area contributed by atoms with Crippen LogP contribution >= 0.6 is 0 Å². The van der Waals surface area contributed by atoms with Gasteiger partial charge in [-0.1, -0.05) is 24.3 Å². The van der Waals surface area contributed by atoms with Gasteiger partial charge in [-0.25, -0.2) is 0 Å². The van der Waals surface area contributed by atoms with Crippen LogP contribution in [0.3, 0.4) is 0 Å². The molecule has 15 nitrogen and oxygen atoms in total. The zero-order valence-corrected chi connectivity index (χ0v) is 25.2. The highest BCUT2D eigenvalue weighted by molar-refractivity contribution is 5.90. The molecule has 2 aromatic rings. The van der Waals surface area contributed by atoms with Crippen molar-refractivity contribution in [3.8, 4) is 0 Å². The summed E-state index contributed by atoms with van der Waals surface area (Å²) in [6, 6.07) is -0.562. The molecule has 1 atom stereocenters. The molecule has 2 amide bonds. The molecule has 0 aliphatic rings. The monoisotopic (exact) mass is 594 g/mol. The van der Waals surface area contributed by atoms with E-state index in [2.05, 4.69) is 31.3 Å². The molecule has 15 heteroatoms. The summed E-state index contributed by atoms with van der Waals surface area (Å²) in [6.45, 7) is 6.87. The van der Waals surface area contributed by atoms with Gasteiger partial charge in [0, 0.05) is 39.4 Å². The Bertz CT molecular complexity index is 1060. The molecule has 236 valence electrons. The number of rotatable bonds is 24. The number of Topliss-reactive ketones (excluding diaryl/α,β-unsaturated/α-hetero) is 1. The molecular formula is C27H46N8O7. The molecule has 1 unspecified atom stereocenters. The number of nitrogens with one attached hydrogen (secondary N) is 2. The van der Waals surface area contributed by atoms with Gasteiger partial charge in [-0.2, -0.15) is 0 Å². The fraction of sp³-hybridized carbons (Fsp3) is 0.741. The average molecular weight is 595 g/mol. The lowest BCUT2D eigenvalue weighted by atomic mass is 9.97. The fourth-order valence-electron chi connectivity index (χ4n) is 3.79. The molecule has 0 saturated heterocycles. The number of nitrogens with zero attached hydrogens (tertiary/aromatic N) is 6. The third-order valence-corrected chi connectivity index (χ3v) is 5.98. The first kappa shape index (κ1) is 34.9. The maximum absolute atomic E-state index is 12.6. The summed E-state index contributed by atoms with van der Waals surface area (Å²) in [5.41, 5.74) is 1.48. The number of carbonyl (C=O) groups is 3. The number of aryl methyl sites for hydroxylation is 2. The first-order valence-electron chi connectivity index (χ1n) is 14.4. The minimum atomic E-state index is -0.562. The molecule has 2 heterocycles. The molecule has 0 saturated carbocycles. The van der Waals surface area contributed by atoms with Crippen molar-refractivity contribution in [3.05, 3.63) is 23.8 Å². The van der Waals surface area contributed by atoms with E-state index in [-0.39, 0.29) is 43.0 Å². The van der Waals surface area contributed by atoms with Crippen LogP contribution in [0.1, 0.15) is 57.3 Å². The molecule has 0 spiro atoms. The van der Waals surface area contributed by atoms with Crippen LogP contribution in [0, 0.1) is 5.92 Å². The topological polar surface area (TPSA) is 174 Å². The van der Waals surface area contributed by atoms with E-state index < -0.39 is 6.04 Å². The first-order valence-corrected chi connectivity index (χ1v) is 14.4. The van der Waals surface area contributed by atoms with Gasteiger partial charge in [0.25, 0.3) is 0 Å². The molecule has 0 radical (unpaired) electrons. The Morgan fingerprint density at radius 3 is 1.79 bits per heavy atom. The van der Waals surface area contributed by atoms with Gasteiger partial charge in [-0.3, -0.25) is 23.7 Å². The number of amides is 2. The number of hydrogen-bond donors (Lipinski definition) is 2. The van der Waals surface area contributed by atoms with Gasteiger partial charge in [0.1, 0.15) is 11.4 Å². The minimum Gasteiger partial charge on any atom is -0.379 e. The zero-order chi connectivity index (χ0) is 30.6. The lowest BCUT2D eigenvalue weighted by molar-refractivity contribution is -0.130. The minimum absolute atomic E-state index is 0.0106. The second kappa shape index (κ2) is 20.6. The van der Waals surface area contributed by atoms with Gasteiger partial charge < -0.3 is 29.6 Å². The van der Waals surface area contributed by atoms with Crippen LogP contribution in [-0.4, -0.2) is 99.8 Å². The molecule has 2 rings (SSSR count). The summed E-state index contributed by atoms with van der Waals surface area (Å²) in [5, 5.41) is 21.2. The van der Waals surface area contributed by atoms with Crippen molar-refractivity contribution >= 4 is 17.6 Å². The SMILES string of the molecule is CC(C)C(=O)C(CCCCNC(=O)CCOCCOCc1cn(C)nn1)NC(=O)CCOCCOCc1cn(C)nn1. The second-order valence-electron chi connectivity index (χ2n) is 10.1. The van der Waals surface area contributed by atoms with Crippen LogP contribution in [-0.2, 0) is 60.6 Å². The van der Waals surface area contributed by atoms with E-state index in [0.29, 0.717) is 72.1 Å². The quantitative estimate of drug-likeness (QED) is 0.162. The standard InChI is InChI=1S/C27H46N8O7/c1-21(2)27(38)24(29-26(37)9-12-40-14-16-42-20-23-18-35(4)33-31-23)7-5-6-10-28-25(36)8-11-39-13-15-41-19-22-17-34(3)32-30-22/h17-18,21,24H,5-16,19-20H2,1-4H3,(H,28,36)(H,29,37). The number of unbranched alkanes of at least 4 members (excludes halogenated alkanes) is 1. The van der Waals surface area contributed by atoms with Gasteiger partial charge in [-0.15, -0.1) is 10.2 Å². The molecule has 0 aliphatic carbocycles. The summed E-state index contributed by atoms with van der Waals surface area (Å²) in [4.78, 5) is 37.1. The second-order valence-corrected chi connectivity index (χ2v) is 10.1. The molecule has 2 aromatic heterocycles. The van der Waals surface area contributed by atoms with E-state index in [9.17, 15) is 14.4 Å². The van der Waals surface area contributed by atoms with Crippen LogP contribution in [0.5, 0.6) is 0 Å². The maximum atomic E-state index is 12.6. The lowest BCUT2D eigenvalue weighted by Gasteiger charge is -2.19. The van der Waals surface area contributed by atoms with E-state index in [1.165, 1.54) is 0 Å². The molecular weight excluding hydrogens is 548 g/mol. The Morgan fingerprint density at radius 2 is 1.29 bits per heavy atom. The Balaban J connectivity index is 1.48. The highest BCUT2D eigenvalue weighted by Gasteiger charge is 2.22. The van der Waals surface area contributed by atoms with Gasteiger partial charge in [0.15, 0.2) is 5.78 Å². The summed E-state index contributed by atoms with van der Waals surface area (Å²) >= 11 is 0. The van der Waals surface area contributed by atoms with Gasteiger partial charge in [0.2, 0.25) is 11.8 Å². The Morgan fingerprint density at radius 1 is 0.762 bits per heavy atom. The van der Waals surface area contributed by atoms with Crippen LogP contribution in [0.25, 0.3) is 0 Å². The molecule has 0 fully saturated rings. The summed E-state index contributed by atoms with van der Waals surface area (Å²) in [5.74, 6) is -0.543. The highest BCUT2D eigenvalue weighted by Crippen LogP contribution is 2.08. The summed E-state index contributed by atoms with van der Waals surface area (Å²) < 4.78 is 25.0. The van der Waals surface area contributed by atoms with Crippen molar-refractivity contribution < 1.29 is 33.3 Å². The Kier molecular flexibility index (Phi) is 17.1. The Hall–Kier alpha value is -3.27. The molecule has 2 N–H and O–H groups in total. The third-order valence-electron chi connectivity index (χ3n) is 5.98. The fourth-order valence-corrected chi connectivity index (χ4v) is 3.79. The zero-order valence-electron chi connectivity index (χ0n) is 25.2. The lowest BCUT2D eigenvalue weighted by Crippen LogP contribution is -2.43. The van der Waals surface area contributed by atoms with E-state index in [1.807, 2.05) is 13.8 Å². The predicted molar refractivity (Wildman–Crippen MR) is 151 cm³/mol. The third kappa shape index (κ3) is 15.7. The van der Waals surface area contributed by atoms with E-state index in [1.54, 1.807) is 35.9 Å². The molecule has 0 aliphatic heterocycles. The summed E-state index contributed by atoms with van der Waals surface area (Å²) in [6.07, 6.45) is 5.85.